The zero-order valence-corrected chi connectivity index (χ0v) is 10.6. The van der Waals surface area contributed by atoms with Crippen LogP contribution in [-0.4, -0.2) is 12.1 Å². The topological polar surface area (TPSA) is 31.4 Å². The van der Waals surface area contributed by atoms with E-state index in [0.29, 0.717) is 11.6 Å². The number of hydrogen-bond acceptors (Lipinski definition) is 3. The number of halogens is 1. The molecule has 0 bridgehead atoms. The molecule has 0 saturated heterocycles. The van der Waals surface area contributed by atoms with Gasteiger partial charge in [-0.25, -0.2) is 9.37 Å². The molecule has 0 spiro atoms. The summed E-state index contributed by atoms with van der Waals surface area (Å²) in [6.07, 6.45) is 3.20. The summed E-state index contributed by atoms with van der Waals surface area (Å²) < 4.78 is 24.5. The van der Waals surface area contributed by atoms with E-state index >= 15 is 0 Å². The van der Waals surface area contributed by atoms with E-state index in [-0.39, 0.29) is 11.9 Å². The van der Waals surface area contributed by atoms with Crippen molar-refractivity contribution < 1.29 is 13.9 Å². The van der Waals surface area contributed by atoms with E-state index in [2.05, 4.69) is 4.98 Å². The van der Waals surface area contributed by atoms with Crippen molar-refractivity contribution >= 4 is 0 Å². The third kappa shape index (κ3) is 2.26. The average Bonchev–Trinajstić information content (AvgIpc) is 2.47. The number of fused-ring (bicyclic) bond motifs is 1. The number of pyridine rings is 1. The zero-order chi connectivity index (χ0) is 13.2. The number of para-hydroxylation sites is 1. The van der Waals surface area contributed by atoms with Crippen molar-refractivity contribution in [1.82, 2.24) is 4.98 Å². The minimum Gasteiger partial charge on any atom is -0.482 e. The highest BCUT2D eigenvalue weighted by Crippen LogP contribution is 2.36. The third-order valence-corrected chi connectivity index (χ3v) is 3.32. The Morgan fingerprint density at radius 2 is 2.21 bits per heavy atom. The first kappa shape index (κ1) is 12.0. The standard InChI is InChI=1S/C15H14FNO2/c1-18-14-8-6-11(9-17-14)13-7-5-10-3-2-4-12(16)15(10)19-13/h2-4,6,8-9,13H,5,7H2,1H3. The normalized spacial score (nSPS) is 17.5. The van der Waals surface area contributed by atoms with Crippen molar-refractivity contribution in [3.05, 3.63) is 53.5 Å². The van der Waals surface area contributed by atoms with Crippen molar-refractivity contribution in [3.8, 4) is 11.6 Å². The number of hydrogen-bond donors (Lipinski definition) is 0. The Morgan fingerprint density at radius 1 is 1.32 bits per heavy atom. The van der Waals surface area contributed by atoms with Gasteiger partial charge < -0.3 is 9.47 Å². The molecular formula is C15H14FNO2. The Morgan fingerprint density at radius 3 is 2.95 bits per heavy atom. The summed E-state index contributed by atoms with van der Waals surface area (Å²) in [7, 11) is 1.57. The average molecular weight is 259 g/mol. The number of ether oxygens (including phenoxy) is 2. The first-order valence-corrected chi connectivity index (χ1v) is 6.22. The highest BCUT2D eigenvalue weighted by Gasteiger charge is 2.23. The van der Waals surface area contributed by atoms with Gasteiger partial charge in [0.25, 0.3) is 0 Å². The smallest absolute Gasteiger partial charge is 0.212 e. The lowest BCUT2D eigenvalue weighted by Gasteiger charge is -2.26. The molecule has 1 aromatic carbocycles. The van der Waals surface area contributed by atoms with E-state index in [9.17, 15) is 4.39 Å². The minimum atomic E-state index is -0.302. The maximum atomic E-state index is 13.7. The molecule has 1 atom stereocenters. The van der Waals surface area contributed by atoms with Crippen molar-refractivity contribution in [2.75, 3.05) is 7.11 Å². The van der Waals surface area contributed by atoms with Crippen LogP contribution in [0.3, 0.4) is 0 Å². The Balaban J connectivity index is 1.86. The van der Waals surface area contributed by atoms with Crippen molar-refractivity contribution in [2.45, 2.75) is 18.9 Å². The monoisotopic (exact) mass is 259 g/mol. The molecule has 3 rings (SSSR count). The first-order chi connectivity index (χ1) is 9.28. The molecular weight excluding hydrogens is 245 g/mol. The first-order valence-electron chi connectivity index (χ1n) is 6.22. The SMILES string of the molecule is COc1ccc(C2CCc3cccc(F)c3O2)cn1. The van der Waals surface area contributed by atoms with E-state index in [0.717, 1.165) is 24.0 Å². The van der Waals surface area contributed by atoms with Crippen LogP contribution >= 0.6 is 0 Å². The lowest BCUT2D eigenvalue weighted by Crippen LogP contribution is -2.16. The van der Waals surface area contributed by atoms with Crippen molar-refractivity contribution in [2.24, 2.45) is 0 Å². The highest BCUT2D eigenvalue weighted by atomic mass is 19.1. The van der Waals surface area contributed by atoms with Gasteiger partial charge in [-0.2, -0.15) is 0 Å². The molecule has 4 heteroatoms. The van der Waals surface area contributed by atoms with E-state index in [4.69, 9.17) is 9.47 Å². The van der Waals surface area contributed by atoms with Gasteiger partial charge in [-0.15, -0.1) is 0 Å². The van der Waals surface area contributed by atoms with Gasteiger partial charge in [0.15, 0.2) is 11.6 Å². The van der Waals surface area contributed by atoms with Crippen molar-refractivity contribution in [3.63, 3.8) is 0 Å². The molecule has 0 fully saturated rings. The molecule has 1 aromatic heterocycles. The molecule has 0 saturated carbocycles. The molecule has 19 heavy (non-hydrogen) atoms. The summed E-state index contributed by atoms with van der Waals surface area (Å²) in [5.41, 5.74) is 1.87. The van der Waals surface area contributed by atoms with Gasteiger partial charge in [0.2, 0.25) is 5.88 Å². The van der Waals surface area contributed by atoms with Gasteiger partial charge in [0.1, 0.15) is 6.10 Å². The van der Waals surface area contributed by atoms with Gasteiger partial charge in [-0.05, 0) is 30.5 Å². The molecule has 0 aliphatic carbocycles. The predicted molar refractivity (Wildman–Crippen MR) is 68.9 cm³/mol. The summed E-state index contributed by atoms with van der Waals surface area (Å²) in [5.74, 6) is 0.629. The molecule has 0 radical (unpaired) electrons. The molecule has 2 aromatic rings. The Bertz CT molecular complexity index is 583. The van der Waals surface area contributed by atoms with E-state index < -0.39 is 0 Å². The zero-order valence-electron chi connectivity index (χ0n) is 10.6. The fourth-order valence-corrected chi connectivity index (χ4v) is 2.31. The fourth-order valence-electron chi connectivity index (χ4n) is 2.31. The van der Waals surface area contributed by atoms with Gasteiger partial charge in [-0.1, -0.05) is 12.1 Å². The van der Waals surface area contributed by atoms with E-state index in [1.807, 2.05) is 12.1 Å². The lowest BCUT2D eigenvalue weighted by atomic mass is 9.98. The number of methoxy groups -OCH3 is 1. The summed E-state index contributed by atoms with van der Waals surface area (Å²) in [6.45, 7) is 0. The number of rotatable bonds is 2. The summed E-state index contributed by atoms with van der Waals surface area (Å²) in [5, 5.41) is 0. The summed E-state index contributed by atoms with van der Waals surface area (Å²) in [4.78, 5) is 4.15. The van der Waals surface area contributed by atoms with Crippen molar-refractivity contribution in [1.29, 1.82) is 0 Å². The second-order valence-corrected chi connectivity index (χ2v) is 4.51. The maximum absolute atomic E-state index is 13.7. The van der Waals surface area contributed by atoms with Gasteiger partial charge in [0, 0.05) is 17.8 Å². The van der Waals surface area contributed by atoms with Crippen LogP contribution in [0.1, 0.15) is 23.7 Å². The summed E-state index contributed by atoms with van der Waals surface area (Å²) in [6, 6.07) is 8.74. The molecule has 98 valence electrons. The van der Waals surface area contributed by atoms with Gasteiger partial charge in [-0.3, -0.25) is 0 Å². The van der Waals surface area contributed by atoms with Crippen LogP contribution in [0.5, 0.6) is 11.6 Å². The quantitative estimate of drug-likeness (QED) is 0.829. The van der Waals surface area contributed by atoms with Crippen LogP contribution in [0.15, 0.2) is 36.5 Å². The predicted octanol–water partition coefficient (Wildman–Crippen LogP) is 3.30. The second kappa shape index (κ2) is 4.88. The van der Waals surface area contributed by atoms with Crippen LogP contribution in [-0.2, 0) is 6.42 Å². The molecule has 0 amide bonds. The highest BCUT2D eigenvalue weighted by molar-refractivity contribution is 5.38. The summed E-state index contributed by atoms with van der Waals surface area (Å²) >= 11 is 0. The Labute approximate surface area is 111 Å². The lowest BCUT2D eigenvalue weighted by molar-refractivity contribution is 0.167. The molecule has 1 aliphatic heterocycles. The number of benzene rings is 1. The molecule has 3 nitrogen and oxygen atoms in total. The van der Waals surface area contributed by atoms with Crippen LogP contribution in [0.4, 0.5) is 4.39 Å². The Hall–Kier alpha value is -2.10. The third-order valence-electron chi connectivity index (χ3n) is 3.32. The molecule has 2 heterocycles. The van der Waals surface area contributed by atoms with E-state index in [1.54, 1.807) is 25.4 Å². The number of aromatic nitrogens is 1. The largest absolute Gasteiger partial charge is 0.482 e. The van der Waals surface area contributed by atoms with Gasteiger partial charge >= 0.3 is 0 Å². The number of nitrogens with zero attached hydrogens (tertiary/aromatic N) is 1. The second-order valence-electron chi connectivity index (χ2n) is 4.51. The fraction of sp³-hybridized carbons (Fsp3) is 0.267. The van der Waals surface area contributed by atoms with Crippen LogP contribution in [0, 0.1) is 5.82 Å². The Kier molecular flexibility index (Phi) is 3.07. The van der Waals surface area contributed by atoms with Gasteiger partial charge in [0.05, 0.1) is 7.11 Å². The molecule has 0 N–H and O–H groups in total. The molecule has 1 aliphatic rings. The van der Waals surface area contributed by atoms with Crippen LogP contribution in [0.2, 0.25) is 0 Å². The maximum Gasteiger partial charge on any atom is 0.212 e. The van der Waals surface area contributed by atoms with Crippen LogP contribution in [0.25, 0.3) is 0 Å². The number of aryl methyl sites for hydroxylation is 1. The van der Waals surface area contributed by atoms with E-state index in [1.165, 1.54) is 6.07 Å². The minimum absolute atomic E-state index is 0.150. The van der Waals surface area contributed by atoms with Crippen LogP contribution < -0.4 is 9.47 Å². The molecule has 1 unspecified atom stereocenters.